The Morgan fingerprint density at radius 1 is 1.33 bits per heavy atom. The first-order valence-electron chi connectivity index (χ1n) is 6.26. The average molecular weight is 289 g/mol. The van der Waals surface area contributed by atoms with Gasteiger partial charge in [0.05, 0.1) is 36.7 Å². The monoisotopic (exact) mass is 289 g/mol. The summed E-state index contributed by atoms with van der Waals surface area (Å²) in [6.45, 7) is 2.00. The number of benzene rings is 1. The van der Waals surface area contributed by atoms with E-state index in [2.05, 4.69) is 5.10 Å². The minimum atomic E-state index is -0.537. The fourth-order valence-electron chi connectivity index (χ4n) is 1.80. The summed E-state index contributed by atoms with van der Waals surface area (Å²) in [5.41, 5.74) is 7.13. The van der Waals surface area contributed by atoms with Gasteiger partial charge < -0.3 is 15.2 Å². The molecule has 2 aromatic rings. The van der Waals surface area contributed by atoms with Crippen LogP contribution in [-0.4, -0.2) is 35.4 Å². The largest absolute Gasteiger partial charge is 0.465 e. The molecule has 2 rings (SSSR count). The van der Waals surface area contributed by atoms with Crippen molar-refractivity contribution in [2.45, 2.75) is 6.92 Å². The maximum Gasteiger partial charge on any atom is 0.341 e. The lowest BCUT2D eigenvalue weighted by Gasteiger charge is -2.08. The molecular weight excluding hydrogens is 274 g/mol. The smallest absolute Gasteiger partial charge is 0.341 e. The summed E-state index contributed by atoms with van der Waals surface area (Å²) < 4.78 is 11.0. The number of anilines is 1. The minimum absolute atomic E-state index is 0.260. The van der Waals surface area contributed by atoms with Crippen molar-refractivity contribution < 1.29 is 19.1 Å². The van der Waals surface area contributed by atoms with Gasteiger partial charge in [-0.15, -0.1) is 0 Å². The number of ether oxygens (including phenoxy) is 2. The van der Waals surface area contributed by atoms with Gasteiger partial charge in [0, 0.05) is 11.9 Å². The normalized spacial score (nSPS) is 10.2. The van der Waals surface area contributed by atoms with Crippen LogP contribution in [0.3, 0.4) is 0 Å². The van der Waals surface area contributed by atoms with Gasteiger partial charge >= 0.3 is 11.9 Å². The molecule has 0 aliphatic carbocycles. The number of methoxy groups -OCH3 is 1. The van der Waals surface area contributed by atoms with Crippen LogP contribution in [0.15, 0.2) is 30.6 Å². The number of nitrogen functional groups attached to an aromatic ring is 1. The van der Waals surface area contributed by atoms with E-state index in [1.807, 2.05) is 0 Å². The number of aromatic nitrogens is 2. The van der Waals surface area contributed by atoms with Crippen LogP contribution in [0.4, 0.5) is 5.69 Å². The standard InChI is InChI=1S/C14H15N3O4/c1-3-21-13(18)9-7-16-17(8-9)12-5-4-10(15)6-11(12)14(19)20-2/h4-8H,3,15H2,1-2H3. The van der Waals surface area contributed by atoms with E-state index in [0.717, 1.165) is 0 Å². The van der Waals surface area contributed by atoms with Crippen LogP contribution in [0.2, 0.25) is 0 Å². The minimum Gasteiger partial charge on any atom is -0.465 e. The highest BCUT2D eigenvalue weighted by atomic mass is 16.5. The van der Waals surface area contributed by atoms with Gasteiger partial charge in [-0.3, -0.25) is 0 Å². The third-order valence-corrected chi connectivity index (χ3v) is 2.77. The molecule has 2 N–H and O–H groups in total. The summed E-state index contributed by atoms with van der Waals surface area (Å²) in [4.78, 5) is 23.4. The Kier molecular flexibility index (Phi) is 4.22. The second-order valence-electron chi connectivity index (χ2n) is 4.16. The summed E-state index contributed by atoms with van der Waals surface area (Å²) in [5, 5.41) is 4.06. The Balaban J connectivity index is 2.43. The van der Waals surface area contributed by atoms with Crippen LogP contribution in [0.25, 0.3) is 5.69 Å². The molecule has 0 spiro atoms. The fraction of sp³-hybridized carbons (Fsp3) is 0.214. The molecule has 0 saturated heterocycles. The van der Waals surface area contributed by atoms with E-state index in [4.69, 9.17) is 15.2 Å². The van der Waals surface area contributed by atoms with Gasteiger partial charge in [0.25, 0.3) is 0 Å². The summed E-state index contributed by atoms with van der Waals surface area (Å²) in [7, 11) is 1.28. The van der Waals surface area contributed by atoms with Crippen molar-refractivity contribution in [3.8, 4) is 5.69 Å². The number of esters is 2. The molecule has 7 heteroatoms. The lowest BCUT2D eigenvalue weighted by atomic mass is 10.1. The zero-order valence-corrected chi connectivity index (χ0v) is 11.7. The first-order chi connectivity index (χ1) is 10.1. The summed E-state index contributed by atoms with van der Waals surface area (Å²) in [5.74, 6) is -1.01. The van der Waals surface area contributed by atoms with Crippen molar-refractivity contribution in [3.05, 3.63) is 41.7 Å². The van der Waals surface area contributed by atoms with Crippen molar-refractivity contribution in [1.82, 2.24) is 9.78 Å². The predicted molar refractivity (Wildman–Crippen MR) is 75.3 cm³/mol. The predicted octanol–water partition coefficient (Wildman–Crippen LogP) is 1.42. The zero-order valence-electron chi connectivity index (χ0n) is 11.7. The summed E-state index contributed by atoms with van der Waals surface area (Å²) in [6.07, 6.45) is 2.85. The molecule has 1 heterocycles. The second-order valence-corrected chi connectivity index (χ2v) is 4.16. The molecular formula is C14H15N3O4. The maximum atomic E-state index is 11.8. The molecule has 21 heavy (non-hydrogen) atoms. The van der Waals surface area contributed by atoms with Crippen molar-refractivity contribution in [2.24, 2.45) is 0 Å². The summed E-state index contributed by atoms with van der Waals surface area (Å²) >= 11 is 0. The fourth-order valence-corrected chi connectivity index (χ4v) is 1.80. The number of nitrogens with zero attached hydrogens (tertiary/aromatic N) is 2. The van der Waals surface area contributed by atoms with Crippen LogP contribution < -0.4 is 5.73 Å². The van der Waals surface area contributed by atoms with E-state index in [0.29, 0.717) is 16.9 Å². The number of hydrogen-bond acceptors (Lipinski definition) is 6. The second kappa shape index (κ2) is 6.08. The van der Waals surface area contributed by atoms with Crippen molar-refractivity contribution in [3.63, 3.8) is 0 Å². The van der Waals surface area contributed by atoms with E-state index in [1.165, 1.54) is 30.3 Å². The molecule has 0 radical (unpaired) electrons. The molecule has 7 nitrogen and oxygen atoms in total. The van der Waals surface area contributed by atoms with E-state index < -0.39 is 11.9 Å². The number of hydrogen-bond donors (Lipinski definition) is 1. The van der Waals surface area contributed by atoms with Gasteiger partial charge in [0.2, 0.25) is 0 Å². The van der Waals surface area contributed by atoms with E-state index >= 15 is 0 Å². The number of carbonyl (C=O) groups is 2. The topological polar surface area (TPSA) is 96.4 Å². The van der Waals surface area contributed by atoms with Gasteiger partial charge in [-0.1, -0.05) is 0 Å². The van der Waals surface area contributed by atoms with E-state index in [9.17, 15) is 9.59 Å². The SMILES string of the molecule is CCOC(=O)c1cnn(-c2ccc(N)cc2C(=O)OC)c1. The molecule has 0 aliphatic heterocycles. The molecule has 0 unspecified atom stereocenters. The van der Waals surface area contributed by atoms with Crippen LogP contribution >= 0.6 is 0 Å². The van der Waals surface area contributed by atoms with Crippen LogP contribution in [0.5, 0.6) is 0 Å². The van der Waals surface area contributed by atoms with Gasteiger partial charge in [-0.2, -0.15) is 5.10 Å². The molecule has 0 fully saturated rings. The molecule has 0 aliphatic rings. The van der Waals surface area contributed by atoms with Crippen molar-refractivity contribution in [2.75, 3.05) is 19.5 Å². The Labute approximate surface area is 121 Å². The molecule has 110 valence electrons. The average Bonchev–Trinajstić information content (AvgIpc) is 2.96. The van der Waals surface area contributed by atoms with Gasteiger partial charge in [-0.05, 0) is 25.1 Å². The molecule has 0 atom stereocenters. The Bertz CT molecular complexity index is 679. The van der Waals surface area contributed by atoms with Gasteiger partial charge in [0.15, 0.2) is 0 Å². The molecule has 1 aromatic carbocycles. The first-order valence-corrected chi connectivity index (χ1v) is 6.26. The zero-order chi connectivity index (χ0) is 15.4. The molecule has 0 saturated carbocycles. The van der Waals surface area contributed by atoms with E-state index in [-0.39, 0.29) is 12.2 Å². The van der Waals surface area contributed by atoms with Crippen LogP contribution in [0.1, 0.15) is 27.6 Å². The van der Waals surface area contributed by atoms with Gasteiger partial charge in [-0.25, -0.2) is 14.3 Å². The Morgan fingerprint density at radius 3 is 2.76 bits per heavy atom. The Hall–Kier alpha value is -2.83. The number of carbonyl (C=O) groups excluding carboxylic acids is 2. The summed E-state index contributed by atoms with van der Waals surface area (Å²) in [6, 6.07) is 4.75. The van der Waals surface area contributed by atoms with Crippen LogP contribution in [0, 0.1) is 0 Å². The third kappa shape index (κ3) is 3.02. The quantitative estimate of drug-likeness (QED) is 0.675. The Morgan fingerprint density at radius 2 is 2.10 bits per heavy atom. The van der Waals surface area contributed by atoms with Crippen molar-refractivity contribution in [1.29, 1.82) is 0 Å². The highest BCUT2D eigenvalue weighted by Crippen LogP contribution is 2.19. The lowest BCUT2D eigenvalue weighted by molar-refractivity contribution is 0.0525. The van der Waals surface area contributed by atoms with Crippen molar-refractivity contribution >= 4 is 17.6 Å². The molecule has 0 amide bonds. The number of rotatable bonds is 4. The number of nitrogens with two attached hydrogens (primary N) is 1. The molecule has 0 bridgehead atoms. The maximum absolute atomic E-state index is 11.8. The van der Waals surface area contributed by atoms with Crippen LogP contribution in [-0.2, 0) is 9.47 Å². The lowest BCUT2D eigenvalue weighted by Crippen LogP contribution is -2.09. The third-order valence-electron chi connectivity index (χ3n) is 2.77. The van der Waals surface area contributed by atoms with Gasteiger partial charge in [0.1, 0.15) is 0 Å². The highest BCUT2D eigenvalue weighted by Gasteiger charge is 2.16. The molecule has 1 aromatic heterocycles. The highest BCUT2D eigenvalue weighted by molar-refractivity contribution is 5.94. The van der Waals surface area contributed by atoms with E-state index in [1.54, 1.807) is 19.1 Å². The first kappa shape index (κ1) is 14.6.